The number of aryl methyl sites for hydroxylation is 2. The molecule has 0 saturated heterocycles. The fraction of sp³-hybridized carbons (Fsp3) is 0.200. The molecule has 3 heteroatoms. The summed E-state index contributed by atoms with van der Waals surface area (Å²) < 4.78 is 13.4. The minimum Gasteiger partial charge on any atom is -0.384 e. The van der Waals surface area contributed by atoms with Crippen LogP contribution in [0.15, 0.2) is 36.4 Å². The van der Waals surface area contributed by atoms with Crippen molar-refractivity contribution in [3.05, 3.63) is 69.5 Å². The van der Waals surface area contributed by atoms with E-state index in [1.807, 2.05) is 32.0 Å². The van der Waals surface area contributed by atoms with Gasteiger partial charge in [-0.2, -0.15) is 0 Å². The first-order valence-electron chi connectivity index (χ1n) is 5.70. The van der Waals surface area contributed by atoms with Gasteiger partial charge in [0.2, 0.25) is 0 Å². The molecule has 1 unspecified atom stereocenters. The molecule has 18 heavy (non-hydrogen) atoms. The lowest BCUT2D eigenvalue weighted by molar-refractivity contribution is 0.220. The van der Waals surface area contributed by atoms with Crippen LogP contribution in [-0.2, 0) is 0 Å². The number of aliphatic hydroxyl groups excluding tert-OH is 1. The third kappa shape index (κ3) is 2.40. The standard InChI is InChI=1S/C15H14ClFO/c1-9-6-7-11(8-10(9)2)15(18)12-4-3-5-13(17)14(12)16/h3-8,15,18H,1-2H3. The van der Waals surface area contributed by atoms with Crippen molar-refractivity contribution < 1.29 is 9.50 Å². The predicted octanol–water partition coefficient (Wildman–Crippen LogP) is 4.18. The number of aliphatic hydroxyl groups is 1. The fourth-order valence-corrected chi connectivity index (χ4v) is 2.08. The molecule has 0 fully saturated rings. The maximum absolute atomic E-state index is 13.4. The Kier molecular flexibility index (Phi) is 3.69. The van der Waals surface area contributed by atoms with Crippen molar-refractivity contribution in [1.29, 1.82) is 0 Å². The van der Waals surface area contributed by atoms with Gasteiger partial charge < -0.3 is 5.11 Å². The minimum absolute atomic E-state index is 0.0248. The molecule has 2 aromatic rings. The highest BCUT2D eigenvalue weighted by atomic mass is 35.5. The molecule has 2 aromatic carbocycles. The maximum atomic E-state index is 13.4. The van der Waals surface area contributed by atoms with E-state index in [4.69, 9.17) is 11.6 Å². The molecule has 1 nitrogen and oxygen atoms in total. The third-order valence-corrected chi connectivity index (χ3v) is 3.52. The number of hydrogen-bond acceptors (Lipinski definition) is 1. The first kappa shape index (κ1) is 13.1. The molecule has 0 aliphatic rings. The minimum atomic E-state index is -0.910. The Morgan fingerprint density at radius 2 is 1.83 bits per heavy atom. The van der Waals surface area contributed by atoms with Crippen LogP contribution < -0.4 is 0 Å². The average molecular weight is 265 g/mol. The van der Waals surface area contributed by atoms with Crippen molar-refractivity contribution in [2.24, 2.45) is 0 Å². The topological polar surface area (TPSA) is 20.2 Å². The largest absolute Gasteiger partial charge is 0.384 e. The van der Waals surface area contributed by atoms with E-state index in [1.54, 1.807) is 12.1 Å². The summed E-state index contributed by atoms with van der Waals surface area (Å²) in [7, 11) is 0. The molecule has 0 spiro atoms. The van der Waals surface area contributed by atoms with E-state index in [2.05, 4.69) is 0 Å². The van der Waals surface area contributed by atoms with Crippen LogP contribution in [0.1, 0.15) is 28.4 Å². The van der Waals surface area contributed by atoms with Gasteiger partial charge in [0.05, 0.1) is 5.02 Å². The van der Waals surface area contributed by atoms with Crippen LogP contribution in [0.2, 0.25) is 5.02 Å². The van der Waals surface area contributed by atoms with Gasteiger partial charge in [-0.25, -0.2) is 4.39 Å². The van der Waals surface area contributed by atoms with Gasteiger partial charge in [0, 0.05) is 5.56 Å². The molecule has 0 bridgehead atoms. The monoisotopic (exact) mass is 264 g/mol. The first-order chi connectivity index (χ1) is 8.50. The summed E-state index contributed by atoms with van der Waals surface area (Å²) in [4.78, 5) is 0. The van der Waals surface area contributed by atoms with Crippen LogP contribution >= 0.6 is 11.6 Å². The van der Waals surface area contributed by atoms with Crippen molar-refractivity contribution in [3.8, 4) is 0 Å². The molecule has 1 atom stereocenters. The molecule has 1 N–H and O–H groups in total. The fourth-order valence-electron chi connectivity index (χ4n) is 1.85. The van der Waals surface area contributed by atoms with Crippen LogP contribution in [0, 0.1) is 19.7 Å². The number of rotatable bonds is 2. The molecule has 0 aliphatic heterocycles. The Labute approximate surface area is 111 Å². The molecule has 0 radical (unpaired) electrons. The van der Waals surface area contributed by atoms with Crippen molar-refractivity contribution in [3.63, 3.8) is 0 Å². The number of halogens is 2. The molecule has 0 heterocycles. The highest BCUT2D eigenvalue weighted by Gasteiger charge is 2.16. The zero-order chi connectivity index (χ0) is 13.3. The smallest absolute Gasteiger partial charge is 0.142 e. The number of benzene rings is 2. The van der Waals surface area contributed by atoms with E-state index in [1.165, 1.54) is 6.07 Å². The molecule has 0 aliphatic carbocycles. The zero-order valence-electron chi connectivity index (χ0n) is 10.2. The van der Waals surface area contributed by atoms with E-state index in [0.29, 0.717) is 11.1 Å². The zero-order valence-corrected chi connectivity index (χ0v) is 11.0. The second-order valence-electron chi connectivity index (χ2n) is 4.39. The Hall–Kier alpha value is -1.38. The normalized spacial score (nSPS) is 12.5. The lowest BCUT2D eigenvalue weighted by Gasteiger charge is -2.14. The van der Waals surface area contributed by atoms with Gasteiger partial charge in [-0.05, 0) is 36.6 Å². The van der Waals surface area contributed by atoms with Crippen molar-refractivity contribution in [1.82, 2.24) is 0 Å². The molecule has 0 amide bonds. The molecular weight excluding hydrogens is 251 g/mol. The summed E-state index contributed by atoms with van der Waals surface area (Å²) in [5.74, 6) is -0.517. The van der Waals surface area contributed by atoms with E-state index >= 15 is 0 Å². The third-order valence-electron chi connectivity index (χ3n) is 3.12. The van der Waals surface area contributed by atoms with Crippen LogP contribution in [0.25, 0.3) is 0 Å². The van der Waals surface area contributed by atoms with Gasteiger partial charge in [-0.1, -0.05) is 41.9 Å². The van der Waals surface area contributed by atoms with E-state index in [0.717, 1.165) is 11.1 Å². The van der Waals surface area contributed by atoms with Gasteiger partial charge in [0.25, 0.3) is 0 Å². The highest BCUT2D eigenvalue weighted by Crippen LogP contribution is 2.30. The van der Waals surface area contributed by atoms with Crippen molar-refractivity contribution in [2.45, 2.75) is 20.0 Å². The van der Waals surface area contributed by atoms with Crippen molar-refractivity contribution in [2.75, 3.05) is 0 Å². The van der Waals surface area contributed by atoms with Crippen LogP contribution in [0.4, 0.5) is 4.39 Å². The quantitative estimate of drug-likeness (QED) is 0.863. The molecular formula is C15H14ClFO. The summed E-state index contributed by atoms with van der Waals surface area (Å²) in [6.07, 6.45) is -0.910. The molecule has 94 valence electrons. The lowest BCUT2D eigenvalue weighted by Crippen LogP contribution is -2.02. The Bertz CT molecular complexity index is 581. The van der Waals surface area contributed by atoms with E-state index in [9.17, 15) is 9.50 Å². The summed E-state index contributed by atoms with van der Waals surface area (Å²) in [5, 5.41) is 10.2. The molecule has 0 aromatic heterocycles. The summed E-state index contributed by atoms with van der Waals surface area (Å²) in [5.41, 5.74) is 3.33. The van der Waals surface area contributed by atoms with Gasteiger partial charge in [0.15, 0.2) is 0 Å². The molecule has 2 rings (SSSR count). The Balaban J connectivity index is 2.44. The second-order valence-corrected chi connectivity index (χ2v) is 4.77. The Morgan fingerprint density at radius 3 is 2.50 bits per heavy atom. The average Bonchev–Trinajstić information content (AvgIpc) is 2.35. The van der Waals surface area contributed by atoms with Gasteiger partial charge >= 0.3 is 0 Å². The van der Waals surface area contributed by atoms with Gasteiger partial charge in [0.1, 0.15) is 11.9 Å². The summed E-state index contributed by atoms with van der Waals surface area (Å²) >= 11 is 5.87. The van der Waals surface area contributed by atoms with E-state index in [-0.39, 0.29) is 5.02 Å². The van der Waals surface area contributed by atoms with Crippen LogP contribution in [-0.4, -0.2) is 5.11 Å². The van der Waals surface area contributed by atoms with Crippen molar-refractivity contribution >= 4 is 11.6 Å². The van der Waals surface area contributed by atoms with Crippen LogP contribution in [0.3, 0.4) is 0 Å². The number of hydrogen-bond donors (Lipinski definition) is 1. The molecule has 0 saturated carbocycles. The Morgan fingerprint density at radius 1 is 1.11 bits per heavy atom. The summed E-state index contributed by atoms with van der Waals surface area (Å²) in [6.45, 7) is 3.97. The predicted molar refractivity (Wildman–Crippen MR) is 71.4 cm³/mol. The summed E-state index contributed by atoms with van der Waals surface area (Å²) in [6, 6.07) is 10.1. The first-order valence-corrected chi connectivity index (χ1v) is 6.07. The highest BCUT2D eigenvalue weighted by molar-refractivity contribution is 6.31. The SMILES string of the molecule is Cc1ccc(C(O)c2cccc(F)c2Cl)cc1C. The van der Waals surface area contributed by atoms with E-state index < -0.39 is 11.9 Å². The van der Waals surface area contributed by atoms with Crippen LogP contribution in [0.5, 0.6) is 0 Å². The maximum Gasteiger partial charge on any atom is 0.142 e. The lowest BCUT2D eigenvalue weighted by atomic mass is 9.98. The van der Waals surface area contributed by atoms with Gasteiger partial charge in [-0.3, -0.25) is 0 Å². The second kappa shape index (κ2) is 5.09. The van der Waals surface area contributed by atoms with Gasteiger partial charge in [-0.15, -0.1) is 0 Å².